The zero-order chi connectivity index (χ0) is 17.9. The molecular weight excluding hydrogens is 316 g/mol. The van der Waals surface area contributed by atoms with Gasteiger partial charge in [0.05, 0.1) is 0 Å². The van der Waals surface area contributed by atoms with Gasteiger partial charge in [-0.25, -0.2) is 9.59 Å². The Balaban J connectivity index is 2.00. The minimum absolute atomic E-state index is 0.209. The van der Waals surface area contributed by atoms with Gasteiger partial charge in [-0.2, -0.15) is 0 Å². The Labute approximate surface area is 139 Å². The summed E-state index contributed by atoms with van der Waals surface area (Å²) >= 11 is 0. The molecule has 8 nitrogen and oxygen atoms in total. The summed E-state index contributed by atoms with van der Waals surface area (Å²) in [5, 5.41) is 8.90. The van der Waals surface area contributed by atoms with E-state index < -0.39 is 17.7 Å². The Morgan fingerprint density at radius 2 is 2.00 bits per heavy atom. The number of piperazine rings is 1. The number of carbonyl (C=O) groups is 3. The lowest BCUT2D eigenvalue weighted by molar-refractivity contribution is -0.148. The first-order valence-electron chi connectivity index (χ1n) is 7.45. The molecule has 1 aromatic rings. The van der Waals surface area contributed by atoms with Crippen LogP contribution in [0.4, 0.5) is 10.7 Å². The van der Waals surface area contributed by atoms with Crippen LogP contribution in [0.3, 0.4) is 0 Å². The highest BCUT2D eigenvalue weighted by molar-refractivity contribution is 5.96. The highest BCUT2D eigenvalue weighted by Gasteiger charge is 2.29. The summed E-state index contributed by atoms with van der Waals surface area (Å²) in [5.74, 6) is -0.148. The van der Waals surface area contributed by atoms with Crippen molar-refractivity contribution in [1.82, 2.24) is 4.90 Å². The highest BCUT2D eigenvalue weighted by Crippen LogP contribution is 2.22. The molecule has 24 heavy (non-hydrogen) atoms. The first-order valence-corrected chi connectivity index (χ1v) is 7.45. The summed E-state index contributed by atoms with van der Waals surface area (Å²) in [6.07, 6.45) is 1.58. The van der Waals surface area contributed by atoms with E-state index in [1.54, 1.807) is 32.9 Å². The summed E-state index contributed by atoms with van der Waals surface area (Å²) in [4.78, 5) is 36.9. The molecule has 1 aliphatic rings. The number of anilines is 1. The van der Waals surface area contributed by atoms with Crippen molar-refractivity contribution in [3.63, 3.8) is 0 Å². The lowest BCUT2D eigenvalue weighted by atomic mass is 10.2. The minimum Gasteiger partial charge on any atom is -0.465 e. The van der Waals surface area contributed by atoms with Gasteiger partial charge in [0.25, 0.3) is 0 Å². The van der Waals surface area contributed by atoms with Gasteiger partial charge in [0.1, 0.15) is 17.9 Å². The number of esters is 1. The second kappa shape index (κ2) is 6.77. The molecule has 2 heterocycles. The van der Waals surface area contributed by atoms with Crippen molar-refractivity contribution in [2.75, 3.05) is 24.5 Å². The zero-order valence-corrected chi connectivity index (χ0v) is 13.8. The molecule has 0 radical (unpaired) electrons. The Morgan fingerprint density at radius 1 is 1.29 bits per heavy atom. The van der Waals surface area contributed by atoms with Crippen molar-refractivity contribution in [2.24, 2.45) is 0 Å². The number of carbonyl (C=O) groups excluding carboxylic acids is 2. The number of amides is 2. The van der Waals surface area contributed by atoms with Crippen LogP contribution < -0.4 is 4.90 Å². The molecule has 1 saturated heterocycles. The van der Waals surface area contributed by atoms with Crippen LogP contribution in [0.5, 0.6) is 0 Å². The molecule has 1 fully saturated rings. The van der Waals surface area contributed by atoms with Crippen LogP contribution in [0.25, 0.3) is 6.08 Å². The lowest BCUT2D eigenvalue weighted by Crippen LogP contribution is -2.52. The number of hydrogen-bond acceptors (Lipinski definition) is 5. The van der Waals surface area contributed by atoms with E-state index in [-0.39, 0.29) is 25.5 Å². The summed E-state index contributed by atoms with van der Waals surface area (Å²) < 4.78 is 10.7. The molecule has 0 unspecified atom stereocenters. The van der Waals surface area contributed by atoms with Gasteiger partial charge in [0.2, 0.25) is 11.8 Å². The number of ether oxygens (including phenoxy) is 1. The molecule has 0 aliphatic carbocycles. The molecule has 2 rings (SSSR count). The van der Waals surface area contributed by atoms with Crippen molar-refractivity contribution in [3.05, 3.63) is 24.0 Å². The van der Waals surface area contributed by atoms with Crippen molar-refractivity contribution < 1.29 is 28.6 Å². The molecule has 0 spiro atoms. The van der Waals surface area contributed by atoms with Crippen molar-refractivity contribution in [2.45, 2.75) is 26.4 Å². The number of carboxylic acid groups (broad SMARTS) is 1. The van der Waals surface area contributed by atoms with Crippen LogP contribution in [-0.4, -0.2) is 53.2 Å². The second-order valence-electron chi connectivity index (χ2n) is 6.29. The van der Waals surface area contributed by atoms with Gasteiger partial charge >= 0.3 is 12.1 Å². The molecule has 1 aliphatic heterocycles. The second-order valence-corrected chi connectivity index (χ2v) is 6.29. The smallest absolute Gasteiger partial charge is 0.407 e. The topological polar surface area (TPSA) is 100 Å². The van der Waals surface area contributed by atoms with Crippen LogP contribution in [-0.2, 0) is 14.3 Å². The third-order valence-corrected chi connectivity index (χ3v) is 3.16. The van der Waals surface area contributed by atoms with Gasteiger partial charge in [0, 0.05) is 25.2 Å². The van der Waals surface area contributed by atoms with Crippen molar-refractivity contribution in [3.8, 4) is 0 Å². The molecule has 0 aromatic carbocycles. The van der Waals surface area contributed by atoms with E-state index in [9.17, 15) is 14.4 Å². The maximum Gasteiger partial charge on any atom is 0.407 e. The number of nitrogens with zero attached hydrogens (tertiary/aromatic N) is 2. The van der Waals surface area contributed by atoms with E-state index in [1.165, 1.54) is 17.1 Å². The van der Waals surface area contributed by atoms with E-state index in [0.717, 1.165) is 4.90 Å². The SMILES string of the molecule is CC(C)(C)OC(=O)/C=C/c1ccc(N2CCN(C(=O)O)CC2=O)o1. The first-order chi connectivity index (χ1) is 11.2. The Hall–Kier alpha value is -2.77. The quantitative estimate of drug-likeness (QED) is 0.669. The maximum absolute atomic E-state index is 12.0. The summed E-state index contributed by atoms with van der Waals surface area (Å²) in [6, 6.07) is 3.22. The van der Waals surface area contributed by atoms with Gasteiger partial charge in [0.15, 0.2) is 0 Å². The molecule has 130 valence electrons. The number of hydrogen-bond donors (Lipinski definition) is 1. The monoisotopic (exact) mass is 336 g/mol. The zero-order valence-electron chi connectivity index (χ0n) is 13.8. The summed E-state index contributed by atoms with van der Waals surface area (Å²) in [5.41, 5.74) is -0.577. The summed E-state index contributed by atoms with van der Waals surface area (Å²) in [7, 11) is 0. The van der Waals surface area contributed by atoms with Gasteiger partial charge in [-0.1, -0.05) is 0 Å². The third kappa shape index (κ3) is 4.61. The molecule has 2 amide bonds. The maximum atomic E-state index is 12.0. The first kappa shape index (κ1) is 17.6. The highest BCUT2D eigenvalue weighted by atomic mass is 16.6. The summed E-state index contributed by atoms with van der Waals surface area (Å²) in [6.45, 7) is 5.53. The van der Waals surface area contributed by atoms with Crippen LogP contribution in [0, 0.1) is 0 Å². The van der Waals surface area contributed by atoms with Crippen LogP contribution in [0.2, 0.25) is 0 Å². The predicted molar refractivity (Wildman–Crippen MR) is 85.5 cm³/mol. The largest absolute Gasteiger partial charge is 0.465 e. The van der Waals surface area contributed by atoms with E-state index in [2.05, 4.69) is 0 Å². The fourth-order valence-electron chi connectivity index (χ4n) is 2.13. The molecule has 0 atom stereocenters. The van der Waals surface area contributed by atoms with Crippen molar-refractivity contribution in [1.29, 1.82) is 0 Å². The van der Waals surface area contributed by atoms with Gasteiger partial charge in [-0.05, 0) is 32.9 Å². The van der Waals surface area contributed by atoms with Crippen LogP contribution >= 0.6 is 0 Å². The average Bonchev–Trinajstić information content (AvgIpc) is 2.91. The molecule has 8 heteroatoms. The Kier molecular flexibility index (Phi) is 4.96. The molecule has 0 bridgehead atoms. The van der Waals surface area contributed by atoms with Gasteiger partial charge in [-0.3, -0.25) is 14.6 Å². The molecular formula is C16H20N2O6. The molecule has 0 saturated carbocycles. The van der Waals surface area contributed by atoms with Gasteiger partial charge < -0.3 is 14.3 Å². The Morgan fingerprint density at radius 3 is 2.58 bits per heavy atom. The van der Waals surface area contributed by atoms with E-state index in [4.69, 9.17) is 14.3 Å². The van der Waals surface area contributed by atoms with Gasteiger partial charge in [-0.15, -0.1) is 0 Å². The van der Waals surface area contributed by atoms with E-state index in [1.807, 2.05) is 0 Å². The normalized spacial score (nSPS) is 15.9. The fraction of sp³-hybridized carbons (Fsp3) is 0.438. The average molecular weight is 336 g/mol. The number of furan rings is 1. The Bertz CT molecular complexity index is 670. The fourth-order valence-corrected chi connectivity index (χ4v) is 2.13. The predicted octanol–water partition coefficient (Wildman–Crippen LogP) is 1.96. The van der Waals surface area contributed by atoms with E-state index in [0.29, 0.717) is 11.6 Å². The standard InChI is InChI=1S/C16H20N2O6/c1-16(2,3)24-14(20)7-5-11-4-6-13(23-11)18-9-8-17(15(21)22)10-12(18)19/h4-7H,8-10H2,1-3H3,(H,21,22)/b7-5+. The van der Waals surface area contributed by atoms with E-state index >= 15 is 0 Å². The molecule has 1 N–H and O–H groups in total. The number of rotatable bonds is 3. The van der Waals surface area contributed by atoms with Crippen molar-refractivity contribution >= 4 is 29.9 Å². The van der Waals surface area contributed by atoms with Crippen LogP contribution in [0.1, 0.15) is 26.5 Å². The third-order valence-electron chi connectivity index (χ3n) is 3.16. The molecule has 1 aromatic heterocycles. The van der Waals surface area contributed by atoms with Crippen LogP contribution in [0.15, 0.2) is 22.6 Å². The lowest BCUT2D eigenvalue weighted by Gasteiger charge is -2.30. The minimum atomic E-state index is -1.12.